The largest absolute Gasteiger partial charge is 0.361 e. The second-order valence-corrected chi connectivity index (χ2v) is 4.78. The van der Waals surface area contributed by atoms with Crippen molar-refractivity contribution in [3.8, 4) is 0 Å². The van der Waals surface area contributed by atoms with Crippen LogP contribution in [0.15, 0.2) is 10.6 Å². The van der Waals surface area contributed by atoms with Gasteiger partial charge in [-0.2, -0.15) is 0 Å². The summed E-state index contributed by atoms with van der Waals surface area (Å²) in [6, 6.07) is 2.58. The van der Waals surface area contributed by atoms with Crippen molar-refractivity contribution in [1.82, 2.24) is 10.5 Å². The van der Waals surface area contributed by atoms with E-state index in [1.165, 1.54) is 12.8 Å². The Morgan fingerprint density at radius 3 is 2.86 bits per heavy atom. The van der Waals surface area contributed by atoms with E-state index < -0.39 is 0 Å². The van der Waals surface area contributed by atoms with Gasteiger partial charge in [-0.25, -0.2) is 0 Å². The van der Waals surface area contributed by atoms with E-state index in [1.807, 2.05) is 0 Å². The summed E-state index contributed by atoms with van der Waals surface area (Å²) in [5, 5.41) is 7.38. The van der Waals surface area contributed by atoms with Crippen LogP contribution in [-0.2, 0) is 12.0 Å². The predicted octanol–water partition coefficient (Wildman–Crippen LogP) is 2.22. The highest BCUT2D eigenvalue weighted by molar-refractivity contribution is 5.21. The molecule has 1 fully saturated rings. The van der Waals surface area contributed by atoms with E-state index >= 15 is 0 Å². The molecular formula is C11H18N2O. The normalized spacial score (nSPS) is 18.9. The summed E-state index contributed by atoms with van der Waals surface area (Å²) < 4.78 is 5.33. The molecule has 0 aromatic carbocycles. The SMILES string of the molecule is CC(C)NCc1cc(C2(C)CC2)on1. The van der Waals surface area contributed by atoms with Gasteiger partial charge in [0.25, 0.3) is 0 Å². The maximum atomic E-state index is 5.33. The summed E-state index contributed by atoms with van der Waals surface area (Å²) in [4.78, 5) is 0. The molecule has 14 heavy (non-hydrogen) atoms. The first-order valence-electron chi connectivity index (χ1n) is 5.30. The van der Waals surface area contributed by atoms with Crippen molar-refractivity contribution in [3.05, 3.63) is 17.5 Å². The summed E-state index contributed by atoms with van der Waals surface area (Å²) >= 11 is 0. The number of rotatable bonds is 4. The minimum atomic E-state index is 0.295. The molecule has 0 atom stereocenters. The molecule has 0 amide bonds. The standard InChI is InChI=1S/C11H18N2O/c1-8(2)12-7-9-6-10(14-13-9)11(3)4-5-11/h6,8,12H,4-5,7H2,1-3H3. The molecule has 0 saturated heterocycles. The van der Waals surface area contributed by atoms with Crippen molar-refractivity contribution in [1.29, 1.82) is 0 Å². The Kier molecular flexibility index (Phi) is 2.35. The summed E-state index contributed by atoms with van der Waals surface area (Å²) in [5.41, 5.74) is 1.31. The average molecular weight is 194 g/mol. The first kappa shape index (κ1) is 9.71. The predicted molar refractivity (Wildman–Crippen MR) is 55.1 cm³/mol. The van der Waals surface area contributed by atoms with Crippen LogP contribution >= 0.6 is 0 Å². The molecule has 1 N–H and O–H groups in total. The van der Waals surface area contributed by atoms with Crippen LogP contribution in [0.25, 0.3) is 0 Å². The van der Waals surface area contributed by atoms with Crippen LogP contribution < -0.4 is 5.32 Å². The smallest absolute Gasteiger partial charge is 0.142 e. The van der Waals surface area contributed by atoms with Crippen molar-refractivity contribution < 1.29 is 4.52 Å². The lowest BCUT2D eigenvalue weighted by molar-refractivity contribution is 0.352. The van der Waals surface area contributed by atoms with E-state index in [0.29, 0.717) is 11.5 Å². The van der Waals surface area contributed by atoms with Gasteiger partial charge in [0, 0.05) is 24.1 Å². The third-order valence-corrected chi connectivity index (χ3v) is 2.85. The summed E-state index contributed by atoms with van der Waals surface area (Å²) in [5.74, 6) is 1.05. The second kappa shape index (κ2) is 3.39. The molecule has 0 unspecified atom stereocenters. The Balaban J connectivity index is 1.96. The number of hydrogen-bond donors (Lipinski definition) is 1. The van der Waals surface area contributed by atoms with E-state index in [1.54, 1.807) is 0 Å². The average Bonchev–Trinajstić information content (AvgIpc) is 2.70. The zero-order chi connectivity index (χ0) is 10.2. The summed E-state index contributed by atoms with van der Waals surface area (Å²) in [6.07, 6.45) is 2.47. The van der Waals surface area contributed by atoms with Gasteiger partial charge in [0.2, 0.25) is 0 Å². The number of nitrogens with zero attached hydrogens (tertiary/aromatic N) is 1. The minimum absolute atomic E-state index is 0.295. The molecule has 3 nitrogen and oxygen atoms in total. The molecule has 1 saturated carbocycles. The zero-order valence-electron chi connectivity index (χ0n) is 9.13. The zero-order valence-corrected chi connectivity index (χ0v) is 9.13. The lowest BCUT2D eigenvalue weighted by atomic mass is 10.1. The fourth-order valence-electron chi connectivity index (χ4n) is 1.42. The molecule has 1 aliphatic carbocycles. The molecule has 78 valence electrons. The first-order valence-corrected chi connectivity index (χ1v) is 5.30. The highest BCUT2D eigenvalue weighted by Crippen LogP contribution is 2.47. The van der Waals surface area contributed by atoms with Crippen molar-refractivity contribution in [2.24, 2.45) is 0 Å². The lowest BCUT2D eigenvalue weighted by Crippen LogP contribution is -2.21. The molecule has 1 heterocycles. The highest BCUT2D eigenvalue weighted by Gasteiger charge is 2.42. The number of nitrogens with one attached hydrogen (secondary N) is 1. The van der Waals surface area contributed by atoms with Crippen LogP contribution in [0.3, 0.4) is 0 Å². The monoisotopic (exact) mass is 194 g/mol. The van der Waals surface area contributed by atoms with Gasteiger partial charge in [0.1, 0.15) is 5.76 Å². The van der Waals surface area contributed by atoms with Crippen molar-refractivity contribution in [2.75, 3.05) is 0 Å². The highest BCUT2D eigenvalue weighted by atomic mass is 16.5. The molecule has 1 aromatic heterocycles. The van der Waals surface area contributed by atoms with E-state index in [4.69, 9.17) is 4.52 Å². The van der Waals surface area contributed by atoms with E-state index in [9.17, 15) is 0 Å². The molecule has 0 aliphatic heterocycles. The van der Waals surface area contributed by atoms with Gasteiger partial charge in [-0.1, -0.05) is 25.9 Å². The van der Waals surface area contributed by atoms with Crippen LogP contribution in [0.2, 0.25) is 0 Å². The molecule has 1 aliphatic rings. The number of aromatic nitrogens is 1. The molecule has 0 spiro atoms. The van der Waals surface area contributed by atoms with Gasteiger partial charge in [0.05, 0.1) is 5.69 Å². The minimum Gasteiger partial charge on any atom is -0.361 e. The van der Waals surface area contributed by atoms with Gasteiger partial charge in [-0.05, 0) is 12.8 Å². The van der Waals surface area contributed by atoms with Crippen LogP contribution in [0.5, 0.6) is 0 Å². The quantitative estimate of drug-likeness (QED) is 0.798. The molecular weight excluding hydrogens is 176 g/mol. The maximum Gasteiger partial charge on any atom is 0.142 e. The van der Waals surface area contributed by atoms with Crippen molar-refractivity contribution in [3.63, 3.8) is 0 Å². The Labute approximate surface area is 84.9 Å². The second-order valence-electron chi connectivity index (χ2n) is 4.78. The molecule has 1 aromatic rings. The topological polar surface area (TPSA) is 38.1 Å². The van der Waals surface area contributed by atoms with Crippen LogP contribution in [0, 0.1) is 0 Å². The first-order chi connectivity index (χ1) is 6.60. The fourth-order valence-corrected chi connectivity index (χ4v) is 1.42. The molecule has 0 bridgehead atoms. The third kappa shape index (κ3) is 1.98. The molecule has 0 radical (unpaired) electrons. The van der Waals surface area contributed by atoms with E-state index in [2.05, 4.69) is 37.3 Å². The van der Waals surface area contributed by atoms with Gasteiger partial charge in [0.15, 0.2) is 0 Å². The summed E-state index contributed by atoms with van der Waals surface area (Å²) in [6.45, 7) is 7.29. The van der Waals surface area contributed by atoms with Crippen molar-refractivity contribution in [2.45, 2.75) is 51.6 Å². The van der Waals surface area contributed by atoms with Gasteiger partial charge >= 0.3 is 0 Å². The van der Waals surface area contributed by atoms with Gasteiger partial charge < -0.3 is 9.84 Å². The van der Waals surface area contributed by atoms with Crippen LogP contribution in [0.1, 0.15) is 45.1 Å². The fraction of sp³-hybridized carbons (Fsp3) is 0.727. The maximum absolute atomic E-state index is 5.33. The Morgan fingerprint density at radius 1 is 1.57 bits per heavy atom. The third-order valence-electron chi connectivity index (χ3n) is 2.85. The van der Waals surface area contributed by atoms with E-state index in [-0.39, 0.29) is 0 Å². The Hall–Kier alpha value is -0.830. The Morgan fingerprint density at radius 2 is 2.29 bits per heavy atom. The lowest BCUT2D eigenvalue weighted by Gasteiger charge is -2.04. The Bertz CT molecular complexity index is 313. The molecule has 3 heteroatoms. The van der Waals surface area contributed by atoms with Crippen LogP contribution in [-0.4, -0.2) is 11.2 Å². The van der Waals surface area contributed by atoms with Crippen LogP contribution in [0.4, 0.5) is 0 Å². The van der Waals surface area contributed by atoms with Gasteiger partial charge in [-0.15, -0.1) is 0 Å². The number of hydrogen-bond acceptors (Lipinski definition) is 3. The van der Waals surface area contributed by atoms with Gasteiger partial charge in [-0.3, -0.25) is 0 Å². The summed E-state index contributed by atoms with van der Waals surface area (Å²) in [7, 11) is 0. The van der Waals surface area contributed by atoms with Crippen molar-refractivity contribution >= 4 is 0 Å². The molecule has 2 rings (SSSR count). The van der Waals surface area contributed by atoms with E-state index in [0.717, 1.165) is 18.0 Å².